The minimum atomic E-state index is -0.415. The van der Waals surface area contributed by atoms with Gasteiger partial charge in [-0.3, -0.25) is 9.59 Å². The molecule has 7 nitrogen and oxygen atoms in total. The SMILES string of the molecule is COC(=O)C[C@@H]1COc2cc(O[C@@H]3CCc4c(-c5c(C)cc(OCCN6CCCC6=O)cc5C)ccc(F)c43)ccc21. The normalized spacial score (nSPS) is 19.0. The smallest absolute Gasteiger partial charge is 0.306 e. The van der Waals surface area contributed by atoms with Crippen LogP contribution in [-0.4, -0.2) is 50.2 Å². The molecule has 0 aromatic heterocycles. The van der Waals surface area contributed by atoms with E-state index in [-0.39, 0.29) is 30.0 Å². The van der Waals surface area contributed by atoms with E-state index >= 15 is 4.39 Å². The van der Waals surface area contributed by atoms with Crippen LogP contribution >= 0.6 is 0 Å². The van der Waals surface area contributed by atoms with Crippen molar-refractivity contribution >= 4 is 11.9 Å². The summed E-state index contributed by atoms with van der Waals surface area (Å²) in [5.74, 6) is 1.68. The molecule has 2 heterocycles. The molecular weight excluding hydrogens is 537 g/mol. The summed E-state index contributed by atoms with van der Waals surface area (Å²) in [6, 6.07) is 13.1. The van der Waals surface area contributed by atoms with Gasteiger partial charge in [-0.25, -0.2) is 4.39 Å². The molecule has 220 valence electrons. The summed E-state index contributed by atoms with van der Waals surface area (Å²) in [6.45, 7) is 6.37. The van der Waals surface area contributed by atoms with Crippen molar-refractivity contribution < 1.29 is 32.9 Å². The fourth-order valence-corrected chi connectivity index (χ4v) is 6.62. The van der Waals surface area contributed by atoms with Crippen molar-refractivity contribution in [2.24, 2.45) is 0 Å². The first kappa shape index (κ1) is 28.1. The quantitative estimate of drug-likeness (QED) is 0.283. The van der Waals surface area contributed by atoms with Gasteiger partial charge in [-0.1, -0.05) is 12.1 Å². The van der Waals surface area contributed by atoms with Crippen LogP contribution in [0.3, 0.4) is 0 Å². The van der Waals surface area contributed by atoms with Crippen molar-refractivity contribution in [3.63, 3.8) is 0 Å². The fraction of sp³-hybridized carbons (Fsp3) is 0.412. The van der Waals surface area contributed by atoms with Crippen LogP contribution in [0.1, 0.15) is 65.5 Å². The molecule has 0 saturated carbocycles. The molecular formula is C34H36FNO6. The van der Waals surface area contributed by atoms with Crippen molar-refractivity contribution in [2.45, 2.75) is 58.0 Å². The van der Waals surface area contributed by atoms with Gasteiger partial charge in [0, 0.05) is 36.1 Å². The van der Waals surface area contributed by atoms with E-state index in [1.807, 2.05) is 41.3 Å². The number of hydrogen-bond donors (Lipinski definition) is 0. The number of likely N-dealkylation sites (tertiary alicyclic amines) is 1. The third-order valence-electron chi connectivity index (χ3n) is 8.64. The van der Waals surface area contributed by atoms with Gasteiger partial charge in [0.25, 0.3) is 0 Å². The van der Waals surface area contributed by atoms with Crippen molar-refractivity contribution in [2.75, 3.05) is 33.4 Å². The average molecular weight is 574 g/mol. The lowest BCUT2D eigenvalue weighted by Gasteiger charge is -2.20. The largest absolute Gasteiger partial charge is 0.492 e. The minimum absolute atomic E-state index is 0.0498. The first-order chi connectivity index (χ1) is 20.3. The highest BCUT2D eigenvalue weighted by molar-refractivity contribution is 5.78. The molecule has 0 spiro atoms. The summed E-state index contributed by atoms with van der Waals surface area (Å²) in [4.78, 5) is 25.5. The van der Waals surface area contributed by atoms with Crippen LogP contribution in [0.15, 0.2) is 42.5 Å². The van der Waals surface area contributed by atoms with E-state index in [1.54, 1.807) is 0 Å². The maximum atomic E-state index is 15.3. The van der Waals surface area contributed by atoms with E-state index in [4.69, 9.17) is 18.9 Å². The number of methoxy groups -OCH3 is 1. The number of ether oxygens (including phenoxy) is 4. The second-order valence-electron chi connectivity index (χ2n) is 11.4. The molecule has 0 bridgehead atoms. The monoisotopic (exact) mass is 573 g/mol. The molecule has 1 fully saturated rings. The highest BCUT2D eigenvalue weighted by Crippen LogP contribution is 2.45. The van der Waals surface area contributed by atoms with Gasteiger partial charge in [0.1, 0.15) is 35.8 Å². The number of esters is 1. The second kappa shape index (κ2) is 11.7. The van der Waals surface area contributed by atoms with E-state index in [1.165, 1.54) is 13.2 Å². The van der Waals surface area contributed by atoms with Gasteiger partial charge in [-0.2, -0.15) is 0 Å². The van der Waals surface area contributed by atoms with E-state index in [2.05, 4.69) is 13.8 Å². The summed E-state index contributed by atoms with van der Waals surface area (Å²) in [6.07, 6.45) is 2.76. The predicted molar refractivity (Wildman–Crippen MR) is 156 cm³/mol. The van der Waals surface area contributed by atoms with E-state index < -0.39 is 6.10 Å². The van der Waals surface area contributed by atoms with E-state index in [0.717, 1.165) is 52.1 Å². The van der Waals surface area contributed by atoms with Crippen molar-refractivity contribution in [1.82, 2.24) is 4.90 Å². The van der Waals surface area contributed by atoms with Gasteiger partial charge in [-0.05, 0) is 85.2 Å². The number of amides is 1. The summed E-state index contributed by atoms with van der Waals surface area (Å²) in [5, 5.41) is 0. The number of carbonyl (C=O) groups excluding carboxylic acids is 2. The Kier molecular flexibility index (Phi) is 7.80. The number of benzene rings is 3. The zero-order chi connectivity index (χ0) is 29.4. The molecule has 0 N–H and O–H groups in total. The average Bonchev–Trinajstić information content (AvgIpc) is 3.69. The van der Waals surface area contributed by atoms with Gasteiger partial charge in [0.05, 0.1) is 26.7 Å². The van der Waals surface area contributed by atoms with Crippen LogP contribution in [0.25, 0.3) is 11.1 Å². The van der Waals surface area contributed by atoms with Crippen molar-refractivity contribution in [3.8, 4) is 28.4 Å². The summed E-state index contributed by atoms with van der Waals surface area (Å²) >= 11 is 0. The standard InChI is InChI=1S/C34H36FNO6/c1-20-15-24(40-14-13-36-12-4-5-31(36)37)16-21(2)33(20)26-8-10-28(35)34-27(26)9-11-29(34)42-23-6-7-25-22(17-32(38)39-3)19-41-30(25)18-23/h6-8,10,15-16,18,22,29H,4-5,9,11-14,17,19H2,1-3H3/t22-,29-/m1/s1. The maximum absolute atomic E-state index is 15.3. The maximum Gasteiger partial charge on any atom is 0.306 e. The van der Waals surface area contributed by atoms with Crippen LogP contribution in [0.5, 0.6) is 17.2 Å². The number of hydrogen-bond acceptors (Lipinski definition) is 6. The Labute approximate surface area is 245 Å². The molecule has 6 rings (SSSR count). The number of nitrogens with zero attached hydrogens (tertiary/aromatic N) is 1. The summed E-state index contributed by atoms with van der Waals surface area (Å²) < 4.78 is 38.3. The first-order valence-corrected chi connectivity index (χ1v) is 14.7. The number of rotatable bonds is 9. The van der Waals surface area contributed by atoms with Gasteiger partial charge >= 0.3 is 5.97 Å². The Morgan fingerprint density at radius 3 is 2.62 bits per heavy atom. The molecule has 1 aliphatic carbocycles. The van der Waals surface area contributed by atoms with Crippen LogP contribution in [0.2, 0.25) is 0 Å². The first-order valence-electron chi connectivity index (χ1n) is 14.7. The Bertz CT molecular complexity index is 1510. The lowest BCUT2D eigenvalue weighted by molar-refractivity contribution is -0.141. The zero-order valence-electron chi connectivity index (χ0n) is 24.3. The lowest BCUT2D eigenvalue weighted by Crippen LogP contribution is -2.29. The van der Waals surface area contributed by atoms with Crippen LogP contribution in [-0.2, 0) is 20.7 Å². The molecule has 2 atom stereocenters. The topological polar surface area (TPSA) is 74.3 Å². The lowest BCUT2D eigenvalue weighted by atomic mass is 9.90. The highest BCUT2D eigenvalue weighted by atomic mass is 19.1. The Balaban J connectivity index is 1.19. The van der Waals surface area contributed by atoms with Crippen LogP contribution in [0, 0.1) is 19.7 Å². The van der Waals surface area contributed by atoms with E-state index in [9.17, 15) is 9.59 Å². The molecule has 1 amide bonds. The van der Waals surface area contributed by atoms with Crippen molar-refractivity contribution in [1.29, 1.82) is 0 Å². The van der Waals surface area contributed by atoms with Crippen LogP contribution < -0.4 is 14.2 Å². The molecule has 0 unspecified atom stereocenters. The van der Waals surface area contributed by atoms with Gasteiger partial charge in [0.2, 0.25) is 5.91 Å². The Morgan fingerprint density at radius 1 is 1.07 bits per heavy atom. The Morgan fingerprint density at radius 2 is 1.88 bits per heavy atom. The molecule has 3 aromatic rings. The van der Waals surface area contributed by atoms with Crippen LogP contribution in [0.4, 0.5) is 4.39 Å². The third kappa shape index (κ3) is 5.42. The molecule has 42 heavy (non-hydrogen) atoms. The molecule has 3 aliphatic rings. The van der Waals surface area contributed by atoms with Gasteiger partial charge in [0.15, 0.2) is 0 Å². The predicted octanol–water partition coefficient (Wildman–Crippen LogP) is 6.22. The molecule has 2 aliphatic heterocycles. The molecule has 0 radical (unpaired) electrons. The van der Waals surface area contributed by atoms with Gasteiger partial charge in [-0.15, -0.1) is 0 Å². The number of halogens is 1. The number of fused-ring (bicyclic) bond motifs is 2. The number of carbonyl (C=O) groups is 2. The second-order valence-corrected chi connectivity index (χ2v) is 11.4. The van der Waals surface area contributed by atoms with Crippen molar-refractivity contribution in [3.05, 3.63) is 76.1 Å². The highest BCUT2D eigenvalue weighted by Gasteiger charge is 2.32. The Hall–Kier alpha value is -4.07. The fourth-order valence-electron chi connectivity index (χ4n) is 6.62. The summed E-state index contributed by atoms with van der Waals surface area (Å²) in [7, 11) is 1.38. The minimum Gasteiger partial charge on any atom is -0.492 e. The molecule has 1 saturated heterocycles. The van der Waals surface area contributed by atoms with Gasteiger partial charge < -0.3 is 23.8 Å². The molecule has 3 aromatic carbocycles. The number of aryl methyl sites for hydroxylation is 2. The third-order valence-corrected chi connectivity index (χ3v) is 8.64. The zero-order valence-corrected chi connectivity index (χ0v) is 24.3. The van der Waals surface area contributed by atoms with E-state index in [0.29, 0.717) is 56.1 Å². The summed E-state index contributed by atoms with van der Waals surface area (Å²) in [5.41, 5.74) is 6.74. The molecule has 8 heteroatoms.